The van der Waals surface area contributed by atoms with Gasteiger partial charge in [-0.1, -0.05) is 30.3 Å². The summed E-state index contributed by atoms with van der Waals surface area (Å²) < 4.78 is 5.78. The molecule has 26 heavy (non-hydrogen) atoms. The molecule has 3 rings (SSSR count). The summed E-state index contributed by atoms with van der Waals surface area (Å²) in [6.45, 7) is 4.41. The van der Waals surface area contributed by atoms with Gasteiger partial charge < -0.3 is 10.1 Å². The maximum absolute atomic E-state index is 9.05. The molecular formula is C21H20N4O. The first kappa shape index (κ1) is 17.4. The van der Waals surface area contributed by atoms with Crippen molar-refractivity contribution in [2.45, 2.75) is 20.3 Å². The smallest absolute Gasteiger partial charge is 0.174 e. The van der Waals surface area contributed by atoms with Crippen LogP contribution in [0.25, 0.3) is 11.1 Å². The second-order valence-electron chi connectivity index (χ2n) is 5.78. The van der Waals surface area contributed by atoms with E-state index in [1.54, 1.807) is 6.20 Å². The fraction of sp³-hybridized carbons (Fsp3) is 0.190. The summed E-state index contributed by atoms with van der Waals surface area (Å²) in [5, 5.41) is 12.3. The predicted octanol–water partition coefficient (Wildman–Crippen LogP) is 4.66. The van der Waals surface area contributed by atoms with Gasteiger partial charge in [0.25, 0.3) is 0 Å². The highest BCUT2D eigenvalue weighted by atomic mass is 16.5. The van der Waals surface area contributed by atoms with Gasteiger partial charge >= 0.3 is 0 Å². The Morgan fingerprint density at radius 3 is 2.77 bits per heavy atom. The van der Waals surface area contributed by atoms with E-state index in [0.29, 0.717) is 24.6 Å². The molecule has 0 atom stereocenters. The molecule has 0 radical (unpaired) electrons. The molecule has 0 fully saturated rings. The fourth-order valence-corrected chi connectivity index (χ4v) is 2.73. The van der Waals surface area contributed by atoms with Crippen LogP contribution in [-0.4, -0.2) is 16.6 Å². The van der Waals surface area contributed by atoms with Crippen molar-refractivity contribution < 1.29 is 4.74 Å². The van der Waals surface area contributed by atoms with E-state index in [-0.39, 0.29) is 0 Å². The highest BCUT2D eigenvalue weighted by Crippen LogP contribution is 2.32. The van der Waals surface area contributed by atoms with Gasteiger partial charge in [0.1, 0.15) is 5.82 Å². The minimum Gasteiger partial charge on any atom is -0.490 e. The average Bonchev–Trinajstić information content (AvgIpc) is 2.64. The van der Waals surface area contributed by atoms with Gasteiger partial charge in [-0.3, -0.25) is 0 Å². The van der Waals surface area contributed by atoms with E-state index in [9.17, 15) is 0 Å². The first-order valence-electron chi connectivity index (χ1n) is 8.50. The van der Waals surface area contributed by atoms with E-state index in [2.05, 4.69) is 21.4 Å². The molecule has 0 aliphatic carbocycles. The number of hydrogen-bond acceptors (Lipinski definition) is 5. The predicted molar refractivity (Wildman–Crippen MR) is 102 cm³/mol. The third-order valence-corrected chi connectivity index (χ3v) is 3.89. The number of anilines is 2. The number of aromatic nitrogens is 2. The van der Waals surface area contributed by atoms with Gasteiger partial charge in [0, 0.05) is 17.5 Å². The Labute approximate surface area is 153 Å². The molecule has 0 unspecified atom stereocenters. The summed E-state index contributed by atoms with van der Waals surface area (Å²) in [7, 11) is 0. The topological polar surface area (TPSA) is 70.8 Å². The zero-order valence-electron chi connectivity index (χ0n) is 14.9. The molecule has 3 aromatic rings. The van der Waals surface area contributed by atoms with Gasteiger partial charge in [-0.2, -0.15) is 5.26 Å². The first-order chi connectivity index (χ1) is 12.7. The van der Waals surface area contributed by atoms with Gasteiger partial charge in [-0.05, 0) is 43.2 Å². The lowest BCUT2D eigenvalue weighted by Gasteiger charge is -2.14. The Hall–Kier alpha value is -3.39. The first-order valence-corrected chi connectivity index (χ1v) is 8.50. The van der Waals surface area contributed by atoms with Gasteiger partial charge in [0.15, 0.2) is 11.6 Å². The van der Waals surface area contributed by atoms with E-state index >= 15 is 0 Å². The molecular weight excluding hydrogens is 324 g/mol. The summed E-state index contributed by atoms with van der Waals surface area (Å²) in [5.74, 6) is 1.99. The van der Waals surface area contributed by atoms with E-state index in [1.165, 1.54) is 0 Å². The highest BCUT2D eigenvalue weighted by Gasteiger charge is 2.11. The monoisotopic (exact) mass is 344 g/mol. The number of nitrogens with zero attached hydrogens (tertiary/aromatic N) is 3. The Morgan fingerprint density at radius 1 is 1.15 bits per heavy atom. The van der Waals surface area contributed by atoms with Crippen LogP contribution >= 0.6 is 0 Å². The molecule has 0 saturated carbocycles. The minimum atomic E-state index is 0.355. The lowest BCUT2D eigenvalue weighted by Crippen LogP contribution is -2.02. The molecule has 130 valence electrons. The Balaban J connectivity index is 1.98. The maximum atomic E-state index is 9.05. The van der Waals surface area contributed by atoms with Crippen molar-refractivity contribution in [3.05, 3.63) is 66.0 Å². The lowest BCUT2D eigenvalue weighted by atomic mass is 9.99. The quantitative estimate of drug-likeness (QED) is 0.704. The Morgan fingerprint density at radius 2 is 2.00 bits per heavy atom. The van der Waals surface area contributed by atoms with E-state index in [1.807, 2.05) is 62.4 Å². The highest BCUT2D eigenvalue weighted by molar-refractivity contribution is 5.72. The van der Waals surface area contributed by atoms with Crippen molar-refractivity contribution >= 4 is 11.6 Å². The molecule has 1 aromatic carbocycles. The molecule has 0 spiro atoms. The number of benzene rings is 1. The van der Waals surface area contributed by atoms with E-state index in [4.69, 9.17) is 10.00 Å². The maximum Gasteiger partial charge on any atom is 0.174 e. The lowest BCUT2D eigenvalue weighted by molar-refractivity contribution is 0.341. The number of nitriles is 1. The van der Waals surface area contributed by atoms with Gasteiger partial charge in [-0.25, -0.2) is 9.97 Å². The molecule has 2 heterocycles. The SMILES string of the molecule is CCOc1cc(-c2ccccc2CC#N)cnc1Nc1cccc(C)n1. The third-order valence-electron chi connectivity index (χ3n) is 3.89. The van der Waals surface area contributed by atoms with Crippen LogP contribution in [-0.2, 0) is 6.42 Å². The van der Waals surface area contributed by atoms with Crippen molar-refractivity contribution in [3.63, 3.8) is 0 Å². The van der Waals surface area contributed by atoms with Crippen LogP contribution in [0.15, 0.2) is 54.7 Å². The zero-order valence-corrected chi connectivity index (χ0v) is 14.9. The minimum absolute atomic E-state index is 0.355. The molecule has 5 heteroatoms. The van der Waals surface area contributed by atoms with E-state index in [0.717, 1.165) is 28.2 Å². The standard InChI is InChI=1S/C21H20N4O/c1-3-26-19-13-17(18-9-5-4-8-16(18)11-12-22)14-23-21(19)25-20-10-6-7-15(2)24-20/h4-10,13-14H,3,11H2,1-2H3,(H,23,24,25). The molecule has 0 aliphatic heterocycles. The number of aryl methyl sites for hydroxylation is 1. The number of pyridine rings is 2. The molecule has 1 N–H and O–H groups in total. The van der Waals surface area contributed by atoms with Gasteiger partial charge in [0.2, 0.25) is 0 Å². The van der Waals surface area contributed by atoms with Crippen molar-refractivity contribution in [1.29, 1.82) is 5.26 Å². The summed E-state index contributed by atoms with van der Waals surface area (Å²) >= 11 is 0. The van der Waals surface area contributed by atoms with Gasteiger partial charge in [0.05, 0.1) is 19.1 Å². The average molecular weight is 344 g/mol. The molecule has 0 aliphatic rings. The number of nitrogens with one attached hydrogen (secondary N) is 1. The molecule has 0 amide bonds. The van der Waals surface area contributed by atoms with Crippen molar-refractivity contribution in [2.75, 3.05) is 11.9 Å². The van der Waals surface area contributed by atoms with Crippen LogP contribution in [0.5, 0.6) is 5.75 Å². The van der Waals surface area contributed by atoms with Crippen molar-refractivity contribution in [1.82, 2.24) is 9.97 Å². The molecule has 2 aromatic heterocycles. The van der Waals surface area contributed by atoms with Crippen molar-refractivity contribution in [2.24, 2.45) is 0 Å². The van der Waals surface area contributed by atoms with E-state index < -0.39 is 0 Å². The van der Waals surface area contributed by atoms with Crippen LogP contribution < -0.4 is 10.1 Å². The summed E-state index contributed by atoms with van der Waals surface area (Å²) in [5.41, 5.74) is 3.81. The fourth-order valence-electron chi connectivity index (χ4n) is 2.73. The second-order valence-corrected chi connectivity index (χ2v) is 5.78. The molecule has 0 saturated heterocycles. The molecule has 5 nitrogen and oxygen atoms in total. The zero-order chi connectivity index (χ0) is 18.4. The van der Waals surface area contributed by atoms with Gasteiger partial charge in [-0.15, -0.1) is 0 Å². The van der Waals surface area contributed by atoms with Crippen LogP contribution in [0, 0.1) is 18.3 Å². The largest absolute Gasteiger partial charge is 0.490 e. The summed E-state index contributed by atoms with van der Waals surface area (Å²) in [6, 6.07) is 17.8. The number of ether oxygens (including phenoxy) is 1. The summed E-state index contributed by atoms with van der Waals surface area (Å²) in [4.78, 5) is 8.99. The van der Waals surface area contributed by atoms with Crippen LogP contribution in [0.4, 0.5) is 11.6 Å². The summed E-state index contributed by atoms with van der Waals surface area (Å²) in [6.07, 6.45) is 2.14. The van der Waals surface area contributed by atoms with Crippen LogP contribution in [0.1, 0.15) is 18.2 Å². The second kappa shape index (κ2) is 8.13. The van der Waals surface area contributed by atoms with Crippen molar-refractivity contribution in [3.8, 4) is 22.9 Å². The number of hydrogen-bond donors (Lipinski definition) is 1. The normalized spacial score (nSPS) is 10.2. The third kappa shape index (κ3) is 3.98. The Bertz CT molecular complexity index is 947. The van der Waals surface area contributed by atoms with Crippen LogP contribution in [0.3, 0.4) is 0 Å². The number of rotatable bonds is 6. The van der Waals surface area contributed by atoms with Crippen LogP contribution in [0.2, 0.25) is 0 Å². The molecule has 0 bridgehead atoms. The Kier molecular flexibility index (Phi) is 5.45.